The van der Waals surface area contributed by atoms with Gasteiger partial charge in [0.15, 0.2) is 0 Å². The molecule has 0 spiro atoms. The summed E-state index contributed by atoms with van der Waals surface area (Å²) in [7, 11) is 0. The molecule has 0 aliphatic carbocycles. The smallest absolute Gasteiger partial charge is 0.225 e. The second-order valence-corrected chi connectivity index (χ2v) is 7.41. The number of amides is 1. The number of nitrogens with zero attached hydrogens (tertiary/aromatic N) is 1. The predicted molar refractivity (Wildman–Crippen MR) is 113 cm³/mol. The fourth-order valence-corrected chi connectivity index (χ4v) is 3.83. The molecule has 152 valence electrons. The molecule has 1 unspecified atom stereocenters. The van der Waals surface area contributed by atoms with Crippen LogP contribution in [-0.2, 0) is 4.79 Å². The average Bonchev–Trinajstić information content (AvgIpc) is 3.22. The zero-order valence-electron chi connectivity index (χ0n) is 16.3. The molecule has 2 N–H and O–H groups in total. The van der Waals surface area contributed by atoms with Gasteiger partial charge in [0.1, 0.15) is 11.6 Å². The Bertz CT molecular complexity index is 1070. The van der Waals surface area contributed by atoms with E-state index in [0.29, 0.717) is 5.57 Å². The van der Waals surface area contributed by atoms with E-state index in [0.717, 1.165) is 23.3 Å². The van der Waals surface area contributed by atoms with Crippen LogP contribution in [-0.4, -0.2) is 17.4 Å². The Morgan fingerprint density at radius 1 is 1.00 bits per heavy atom. The van der Waals surface area contributed by atoms with Crippen molar-refractivity contribution in [2.45, 2.75) is 18.5 Å². The van der Waals surface area contributed by atoms with Crippen LogP contribution in [0.5, 0.6) is 0 Å². The SMILES string of the molecule is N[C@@H](CC(=O)N1CC(c2cc(F)ccc2F)=CC1c1ccccc1)c1ccccc1. The van der Waals surface area contributed by atoms with Crippen molar-refractivity contribution >= 4 is 11.5 Å². The average molecular weight is 404 g/mol. The second-order valence-electron chi connectivity index (χ2n) is 7.41. The van der Waals surface area contributed by atoms with E-state index in [2.05, 4.69) is 0 Å². The van der Waals surface area contributed by atoms with Crippen LogP contribution in [0.25, 0.3) is 5.57 Å². The molecule has 3 aromatic carbocycles. The lowest BCUT2D eigenvalue weighted by molar-refractivity contribution is -0.132. The number of nitrogens with two attached hydrogens (primary N) is 1. The van der Waals surface area contributed by atoms with Gasteiger partial charge < -0.3 is 10.6 Å². The van der Waals surface area contributed by atoms with Crippen molar-refractivity contribution < 1.29 is 13.6 Å². The van der Waals surface area contributed by atoms with Crippen LogP contribution in [0.4, 0.5) is 8.78 Å². The lowest BCUT2D eigenvalue weighted by Crippen LogP contribution is -2.33. The minimum atomic E-state index is -0.514. The molecule has 0 aromatic heterocycles. The lowest BCUT2D eigenvalue weighted by Gasteiger charge is -2.26. The Labute approximate surface area is 174 Å². The number of halogens is 2. The molecule has 1 amide bonds. The Morgan fingerprint density at radius 3 is 2.37 bits per heavy atom. The molecule has 1 aliphatic rings. The van der Waals surface area contributed by atoms with Gasteiger partial charge in [-0.3, -0.25) is 4.79 Å². The van der Waals surface area contributed by atoms with E-state index in [1.54, 1.807) is 4.90 Å². The lowest BCUT2D eigenvalue weighted by atomic mass is 10.0. The van der Waals surface area contributed by atoms with E-state index in [9.17, 15) is 13.6 Å². The van der Waals surface area contributed by atoms with E-state index in [1.165, 1.54) is 6.07 Å². The molecule has 1 heterocycles. The van der Waals surface area contributed by atoms with E-state index >= 15 is 0 Å². The molecule has 0 saturated heterocycles. The molecular formula is C25H22F2N2O. The van der Waals surface area contributed by atoms with Crippen molar-refractivity contribution in [3.63, 3.8) is 0 Å². The van der Waals surface area contributed by atoms with E-state index in [-0.39, 0.29) is 30.5 Å². The molecule has 5 heteroatoms. The predicted octanol–water partition coefficient (Wildman–Crippen LogP) is 5.02. The van der Waals surface area contributed by atoms with Crippen LogP contribution in [0, 0.1) is 11.6 Å². The van der Waals surface area contributed by atoms with Crippen molar-refractivity contribution in [3.8, 4) is 0 Å². The first-order chi connectivity index (χ1) is 14.5. The summed E-state index contributed by atoms with van der Waals surface area (Å²) in [6.07, 6.45) is 1.96. The minimum absolute atomic E-state index is 0.125. The van der Waals surface area contributed by atoms with Gasteiger partial charge in [-0.2, -0.15) is 0 Å². The Morgan fingerprint density at radius 2 is 1.67 bits per heavy atom. The molecule has 3 aromatic rings. The highest BCUT2D eigenvalue weighted by molar-refractivity contribution is 5.83. The molecule has 2 atom stereocenters. The Kier molecular flexibility index (Phi) is 5.72. The van der Waals surface area contributed by atoms with Crippen molar-refractivity contribution in [1.29, 1.82) is 0 Å². The van der Waals surface area contributed by atoms with Crippen molar-refractivity contribution in [1.82, 2.24) is 4.90 Å². The number of rotatable bonds is 5. The van der Waals surface area contributed by atoms with Crippen LogP contribution in [0.15, 0.2) is 84.9 Å². The quantitative estimate of drug-likeness (QED) is 0.649. The fraction of sp³-hybridized carbons (Fsp3) is 0.160. The summed E-state index contributed by atoms with van der Waals surface area (Å²) in [6.45, 7) is 0.195. The zero-order valence-corrected chi connectivity index (χ0v) is 16.3. The largest absolute Gasteiger partial charge is 0.328 e. The van der Waals surface area contributed by atoms with Crippen LogP contribution in [0.2, 0.25) is 0 Å². The summed E-state index contributed by atoms with van der Waals surface area (Å²) in [5.41, 5.74) is 8.82. The van der Waals surface area contributed by atoms with Gasteiger partial charge in [0.2, 0.25) is 5.91 Å². The van der Waals surface area contributed by atoms with Gasteiger partial charge in [0.25, 0.3) is 0 Å². The number of hydrogen-bond acceptors (Lipinski definition) is 2. The molecule has 0 radical (unpaired) electrons. The first-order valence-corrected chi connectivity index (χ1v) is 9.84. The second kappa shape index (κ2) is 8.59. The first kappa shape index (κ1) is 20.0. The summed E-state index contributed by atoms with van der Waals surface area (Å²) >= 11 is 0. The maximum atomic E-state index is 14.4. The van der Waals surface area contributed by atoms with Crippen LogP contribution in [0.3, 0.4) is 0 Å². The highest BCUT2D eigenvalue weighted by Gasteiger charge is 2.32. The van der Waals surface area contributed by atoms with E-state index < -0.39 is 17.7 Å². The fourth-order valence-electron chi connectivity index (χ4n) is 3.83. The standard InChI is InChI=1S/C25H22F2N2O/c26-20-11-12-22(27)21(14-20)19-13-24(18-9-5-2-6-10-18)29(16-19)25(30)15-23(28)17-7-3-1-4-8-17/h1-14,23-24H,15-16,28H2/t23-,24?/m0/s1. The molecule has 0 bridgehead atoms. The first-order valence-electron chi connectivity index (χ1n) is 9.84. The number of benzene rings is 3. The van der Waals surface area contributed by atoms with Crippen LogP contribution in [0.1, 0.15) is 35.2 Å². The number of hydrogen-bond donors (Lipinski definition) is 1. The maximum Gasteiger partial charge on any atom is 0.225 e. The summed E-state index contributed by atoms with van der Waals surface area (Å²) < 4.78 is 28.1. The van der Waals surface area contributed by atoms with Gasteiger partial charge in [0, 0.05) is 24.6 Å². The summed E-state index contributed by atoms with van der Waals surface area (Å²) in [4.78, 5) is 14.9. The van der Waals surface area contributed by atoms with E-state index in [1.807, 2.05) is 66.7 Å². The summed E-state index contributed by atoms with van der Waals surface area (Å²) in [5, 5.41) is 0. The van der Waals surface area contributed by atoms with Crippen molar-refractivity contribution in [2.75, 3.05) is 6.54 Å². The topological polar surface area (TPSA) is 46.3 Å². The Balaban J connectivity index is 1.63. The van der Waals surface area contributed by atoms with Crippen LogP contribution < -0.4 is 5.73 Å². The zero-order chi connectivity index (χ0) is 21.1. The van der Waals surface area contributed by atoms with Crippen molar-refractivity contribution in [2.24, 2.45) is 5.73 Å². The molecule has 4 rings (SSSR count). The third-order valence-electron chi connectivity index (χ3n) is 5.39. The van der Waals surface area contributed by atoms with E-state index in [4.69, 9.17) is 5.73 Å². The molecule has 0 fully saturated rings. The molecule has 3 nitrogen and oxygen atoms in total. The summed E-state index contributed by atoms with van der Waals surface area (Å²) in [5.74, 6) is -1.16. The van der Waals surface area contributed by atoms with Gasteiger partial charge in [-0.25, -0.2) is 8.78 Å². The van der Waals surface area contributed by atoms with Gasteiger partial charge in [-0.15, -0.1) is 0 Å². The highest BCUT2D eigenvalue weighted by atomic mass is 19.1. The highest BCUT2D eigenvalue weighted by Crippen LogP contribution is 2.36. The van der Waals surface area contributed by atoms with Gasteiger partial charge >= 0.3 is 0 Å². The number of carbonyl (C=O) groups excluding carboxylic acids is 1. The van der Waals surface area contributed by atoms with Gasteiger partial charge in [-0.1, -0.05) is 66.7 Å². The maximum absolute atomic E-state index is 14.4. The normalized spacial score (nSPS) is 17.0. The van der Waals surface area contributed by atoms with Gasteiger partial charge in [0.05, 0.1) is 6.04 Å². The van der Waals surface area contributed by atoms with Gasteiger partial charge in [-0.05, 0) is 34.9 Å². The Hall–Kier alpha value is -3.31. The monoisotopic (exact) mass is 404 g/mol. The molecule has 30 heavy (non-hydrogen) atoms. The molecule has 0 saturated carbocycles. The third kappa shape index (κ3) is 4.16. The molecule has 1 aliphatic heterocycles. The summed E-state index contributed by atoms with van der Waals surface area (Å²) in [6, 6.07) is 21.5. The minimum Gasteiger partial charge on any atom is -0.328 e. The molecular weight excluding hydrogens is 382 g/mol. The van der Waals surface area contributed by atoms with Crippen LogP contribution >= 0.6 is 0 Å². The third-order valence-corrected chi connectivity index (χ3v) is 5.39. The number of carbonyl (C=O) groups is 1. The van der Waals surface area contributed by atoms with Crippen molar-refractivity contribution in [3.05, 3.63) is 113 Å².